The smallest absolute Gasteiger partial charge is 0.305 e. The van der Waals surface area contributed by atoms with Crippen LogP contribution in [-0.2, 0) is 23.8 Å². The van der Waals surface area contributed by atoms with Crippen molar-refractivity contribution >= 4 is 12.3 Å². The molecule has 27 heavy (non-hydrogen) atoms. The van der Waals surface area contributed by atoms with Crippen molar-refractivity contribution in [1.82, 2.24) is 0 Å². The second-order valence-electron chi connectivity index (χ2n) is 7.94. The van der Waals surface area contributed by atoms with Gasteiger partial charge in [-0.2, -0.15) is 0 Å². The molecule has 0 aromatic heterocycles. The van der Waals surface area contributed by atoms with E-state index in [-0.39, 0.29) is 24.3 Å². The van der Waals surface area contributed by atoms with Crippen molar-refractivity contribution in [3.05, 3.63) is 23.8 Å². The van der Waals surface area contributed by atoms with Gasteiger partial charge in [0.1, 0.15) is 6.29 Å². The average molecular weight is 376 g/mol. The van der Waals surface area contributed by atoms with Gasteiger partial charge in [0.2, 0.25) is 0 Å². The van der Waals surface area contributed by atoms with Crippen molar-refractivity contribution in [2.75, 3.05) is 13.7 Å². The molecule has 1 unspecified atom stereocenters. The Morgan fingerprint density at radius 1 is 1.33 bits per heavy atom. The Morgan fingerprint density at radius 3 is 2.96 bits per heavy atom. The molecule has 150 valence electrons. The number of fused-ring (bicyclic) bond motifs is 1. The Morgan fingerprint density at radius 2 is 2.22 bits per heavy atom. The van der Waals surface area contributed by atoms with E-state index in [1.807, 2.05) is 6.08 Å². The number of unbranched alkanes of at least 4 members (excludes halogenated alkanes) is 1. The third kappa shape index (κ3) is 5.52. The fourth-order valence-corrected chi connectivity index (χ4v) is 4.82. The molecule has 0 amide bonds. The molecular weight excluding hydrogens is 344 g/mol. The lowest BCUT2D eigenvalue weighted by atomic mass is 9.89. The first-order chi connectivity index (χ1) is 13.2. The van der Waals surface area contributed by atoms with Gasteiger partial charge >= 0.3 is 5.97 Å². The maximum atomic E-state index is 11.2. The van der Waals surface area contributed by atoms with Gasteiger partial charge < -0.3 is 14.2 Å². The highest BCUT2D eigenvalue weighted by Gasteiger charge is 2.45. The summed E-state index contributed by atoms with van der Waals surface area (Å²) < 4.78 is 16.8. The van der Waals surface area contributed by atoms with Crippen LogP contribution in [0.5, 0.6) is 0 Å². The van der Waals surface area contributed by atoms with Gasteiger partial charge in [0.25, 0.3) is 0 Å². The fourth-order valence-electron chi connectivity index (χ4n) is 4.82. The number of methoxy groups -OCH3 is 1. The quantitative estimate of drug-likeness (QED) is 0.200. The van der Waals surface area contributed by atoms with Gasteiger partial charge in [0, 0.05) is 18.9 Å². The lowest BCUT2D eigenvalue weighted by Crippen LogP contribution is -2.30. The monoisotopic (exact) mass is 376 g/mol. The van der Waals surface area contributed by atoms with Crippen LogP contribution in [0.4, 0.5) is 0 Å². The Labute approximate surface area is 162 Å². The van der Waals surface area contributed by atoms with Crippen molar-refractivity contribution in [3.63, 3.8) is 0 Å². The molecule has 0 bridgehead atoms. The van der Waals surface area contributed by atoms with E-state index in [2.05, 4.69) is 6.08 Å². The van der Waals surface area contributed by atoms with Crippen LogP contribution in [0.3, 0.4) is 0 Å². The molecule has 5 atom stereocenters. The minimum atomic E-state index is -0.128. The van der Waals surface area contributed by atoms with Crippen LogP contribution < -0.4 is 0 Å². The van der Waals surface area contributed by atoms with Gasteiger partial charge in [-0.15, -0.1) is 0 Å². The first-order valence-electron chi connectivity index (χ1n) is 10.4. The molecular formula is C22H32O5. The molecule has 1 aliphatic heterocycles. The molecule has 1 heterocycles. The Bertz CT molecular complexity index is 561. The van der Waals surface area contributed by atoms with Crippen LogP contribution in [0.1, 0.15) is 57.8 Å². The van der Waals surface area contributed by atoms with Crippen molar-refractivity contribution in [2.24, 2.45) is 17.8 Å². The number of carbonyl (C=O) groups excluding carboxylic acids is 2. The molecule has 2 fully saturated rings. The second-order valence-corrected chi connectivity index (χ2v) is 7.94. The summed E-state index contributed by atoms with van der Waals surface area (Å²) >= 11 is 0. The molecule has 0 aromatic rings. The lowest BCUT2D eigenvalue weighted by Gasteiger charge is -2.29. The van der Waals surface area contributed by atoms with Gasteiger partial charge in [-0.05, 0) is 69.3 Å². The highest BCUT2D eigenvalue weighted by Crippen LogP contribution is 2.49. The first kappa shape index (κ1) is 20.3. The van der Waals surface area contributed by atoms with E-state index in [0.29, 0.717) is 18.3 Å². The first-order valence-corrected chi connectivity index (χ1v) is 10.4. The van der Waals surface area contributed by atoms with Crippen LogP contribution in [0, 0.1) is 17.8 Å². The van der Waals surface area contributed by atoms with E-state index in [4.69, 9.17) is 14.2 Å². The maximum Gasteiger partial charge on any atom is 0.305 e. The van der Waals surface area contributed by atoms with E-state index in [9.17, 15) is 9.59 Å². The van der Waals surface area contributed by atoms with Crippen LogP contribution in [-0.4, -0.2) is 38.4 Å². The summed E-state index contributed by atoms with van der Waals surface area (Å²) in [7, 11) is 1.44. The van der Waals surface area contributed by atoms with E-state index in [0.717, 1.165) is 64.3 Å². The van der Waals surface area contributed by atoms with E-state index < -0.39 is 0 Å². The Hall–Kier alpha value is -1.46. The predicted octanol–water partition coefficient (Wildman–Crippen LogP) is 3.97. The van der Waals surface area contributed by atoms with Crippen LogP contribution >= 0.6 is 0 Å². The number of carbonyl (C=O) groups is 2. The molecule has 5 heteroatoms. The molecule has 3 rings (SSSR count). The molecule has 3 aliphatic rings. The molecule has 0 radical (unpaired) electrons. The minimum Gasteiger partial charge on any atom is -0.469 e. The van der Waals surface area contributed by atoms with Gasteiger partial charge in [-0.25, -0.2) is 0 Å². The molecule has 5 nitrogen and oxygen atoms in total. The third-order valence-electron chi connectivity index (χ3n) is 6.16. The third-order valence-corrected chi connectivity index (χ3v) is 6.16. The molecule has 0 aromatic carbocycles. The lowest BCUT2D eigenvalue weighted by molar-refractivity contribution is -0.192. The van der Waals surface area contributed by atoms with E-state index in [1.165, 1.54) is 12.7 Å². The highest BCUT2D eigenvalue weighted by atomic mass is 16.7. The Kier molecular flexibility index (Phi) is 7.65. The summed E-state index contributed by atoms with van der Waals surface area (Å²) in [6, 6.07) is 0. The van der Waals surface area contributed by atoms with Crippen molar-refractivity contribution in [1.29, 1.82) is 0 Å². The summed E-state index contributed by atoms with van der Waals surface area (Å²) in [5, 5.41) is 0. The standard InChI is InChI=1S/C22H32O5/c1-25-21(24)9-3-2-7-16-13-17-15-20(27-22-10-4-5-12-26-22)18(8-6-11-23)19(17)14-16/h6,8,11,13,17-20,22H,2-5,7,9-10,12,14-15H2,1H3/b8-6+/t17-,18+,19-,20+,22?/m0/s1. The fraction of sp³-hybridized carbons (Fsp3) is 0.727. The number of aldehydes is 1. The van der Waals surface area contributed by atoms with Crippen molar-refractivity contribution in [2.45, 2.75) is 70.2 Å². The normalized spacial score (nSPS) is 33.1. The maximum absolute atomic E-state index is 11.2. The van der Waals surface area contributed by atoms with E-state index >= 15 is 0 Å². The molecule has 1 saturated carbocycles. The Balaban J connectivity index is 1.53. The average Bonchev–Trinajstić information content (AvgIpc) is 3.21. The number of rotatable bonds is 9. The predicted molar refractivity (Wildman–Crippen MR) is 102 cm³/mol. The van der Waals surface area contributed by atoms with Gasteiger partial charge in [-0.1, -0.05) is 17.7 Å². The summed E-state index contributed by atoms with van der Waals surface area (Å²) in [4.78, 5) is 22.1. The number of allylic oxidation sites excluding steroid dienone is 3. The zero-order chi connectivity index (χ0) is 19.1. The summed E-state index contributed by atoms with van der Waals surface area (Å²) in [6.45, 7) is 0.786. The van der Waals surface area contributed by atoms with Crippen molar-refractivity contribution in [3.8, 4) is 0 Å². The molecule has 0 spiro atoms. The van der Waals surface area contributed by atoms with Gasteiger partial charge in [-0.3, -0.25) is 9.59 Å². The number of hydrogen-bond acceptors (Lipinski definition) is 5. The van der Waals surface area contributed by atoms with Crippen LogP contribution in [0.2, 0.25) is 0 Å². The number of ether oxygens (including phenoxy) is 3. The SMILES string of the molecule is COC(=O)CCCCC1=C[C@H]2C[C@@H](OC3CCCCO3)[C@H](/C=C/C=O)[C@H]2C1. The number of esters is 1. The zero-order valence-corrected chi connectivity index (χ0v) is 16.3. The largest absolute Gasteiger partial charge is 0.469 e. The topological polar surface area (TPSA) is 61.8 Å². The highest BCUT2D eigenvalue weighted by molar-refractivity contribution is 5.69. The summed E-state index contributed by atoms with van der Waals surface area (Å²) in [5.41, 5.74) is 1.49. The zero-order valence-electron chi connectivity index (χ0n) is 16.3. The second kappa shape index (κ2) is 10.2. The van der Waals surface area contributed by atoms with Gasteiger partial charge in [0.05, 0.1) is 13.2 Å². The van der Waals surface area contributed by atoms with E-state index in [1.54, 1.807) is 6.08 Å². The van der Waals surface area contributed by atoms with Gasteiger partial charge in [0.15, 0.2) is 6.29 Å². The summed E-state index contributed by atoms with van der Waals surface area (Å²) in [5.74, 6) is 1.19. The summed E-state index contributed by atoms with van der Waals surface area (Å²) in [6.07, 6.45) is 15.8. The number of hydrogen-bond donors (Lipinski definition) is 0. The molecule has 2 aliphatic carbocycles. The molecule has 0 N–H and O–H groups in total. The van der Waals surface area contributed by atoms with Crippen molar-refractivity contribution < 1.29 is 23.8 Å². The minimum absolute atomic E-state index is 0.0866. The molecule has 1 saturated heterocycles. The van der Waals surface area contributed by atoms with Crippen LogP contribution in [0.25, 0.3) is 0 Å². The van der Waals surface area contributed by atoms with Crippen LogP contribution in [0.15, 0.2) is 23.8 Å².